The van der Waals surface area contributed by atoms with E-state index in [1.807, 2.05) is 51.1 Å². The quantitative estimate of drug-likeness (QED) is 0.184. The van der Waals surface area contributed by atoms with Gasteiger partial charge in [-0.3, -0.25) is 0 Å². The van der Waals surface area contributed by atoms with Gasteiger partial charge in [0.25, 0.3) is 0 Å². The number of nitrogens with zero attached hydrogens (tertiary/aromatic N) is 6. The van der Waals surface area contributed by atoms with E-state index in [1.54, 1.807) is 18.2 Å². The zero-order chi connectivity index (χ0) is 34.7. The van der Waals surface area contributed by atoms with E-state index in [2.05, 4.69) is 27.0 Å². The molecule has 1 saturated heterocycles. The third kappa shape index (κ3) is 7.38. The Balaban J connectivity index is 1.27. The first kappa shape index (κ1) is 33.9. The molecule has 1 amide bonds. The van der Waals surface area contributed by atoms with Crippen LogP contribution in [0.25, 0.3) is 22.3 Å². The summed E-state index contributed by atoms with van der Waals surface area (Å²) >= 11 is 0. The highest BCUT2D eigenvalue weighted by Gasteiger charge is 2.33. The molecule has 0 saturated carbocycles. The predicted molar refractivity (Wildman–Crippen MR) is 181 cm³/mol. The lowest BCUT2D eigenvalue weighted by atomic mass is 9.91. The zero-order valence-corrected chi connectivity index (χ0v) is 28.8. The average Bonchev–Trinajstić information content (AvgIpc) is 3.48. The summed E-state index contributed by atoms with van der Waals surface area (Å²) in [5, 5.41) is 10.00. The fraction of sp³-hybridized carbons (Fsp3) is 0.486. The third-order valence-electron chi connectivity index (χ3n) is 8.83. The Morgan fingerprint density at radius 1 is 1.04 bits per heavy atom. The van der Waals surface area contributed by atoms with Gasteiger partial charge in [0, 0.05) is 67.1 Å². The standard InChI is InChI=1S/C35H43N7O7/c1-21-30-24-17-27(23-9-7-8-10-28(23)48-20-45-5)39-40-31(24)37-26(30)13-16-42(21)33-36-18-25(32(38-33)47-19-29(43)46-6)22-11-14-41(15-12-22)34(44)49-35(2,3)4/h7-10,17-18,21-22H,11-16,19-20H2,1-6H3,(H,37,40)/t21-/m1/s1. The number of benzene rings is 1. The fourth-order valence-electron chi connectivity index (χ4n) is 6.44. The Labute approximate surface area is 285 Å². The summed E-state index contributed by atoms with van der Waals surface area (Å²) in [7, 11) is 2.90. The fourth-order valence-corrected chi connectivity index (χ4v) is 6.44. The van der Waals surface area contributed by atoms with Gasteiger partial charge in [-0.2, -0.15) is 4.98 Å². The number of amides is 1. The lowest BCUT2D eigenvalue weighted by molar-refractivity contribution is -0.143. The summed E-state index contributed by atoms with van der Waals surface area (Å²) in [6.07, 6.45) is 3.54. The predicted octanol–water partition coefficient (Wildman–Crippen LogP) is 5.19. The highest BCUT2D eigenvalue weighted by molar-refractivity contribution is 5.86. The number of carbonyl (C=O) groups excluding carboxylic acids is 2. The van der Waals surface area contributed by atoms with Crippen LogP contribution >= 0.6 is 0 Å². The van der Waals surface area contributed by atoms with Crippen LogP contribution in [0.1, 0.15) is 69.3 Å². The molecule has 3 aromatic heterocycles. The molecule has 14 heteroatoms. The molecule has 0 unspecified atom stereocenters. The van der Waals surface area contributed by atoms with Crippen molar-refractivity contribution in [2.24, 2.45) is 0 Å². The van der Waals surface area contributed by atoms with Crippen molar-refractivity contribution in [3.63, 3.8) is 0 Å². The van der Waals surface area contributed by atoms with E-state index >= 15 is 0 Å². The maximum absolute atomic E-state index is 12.7. The number of likely N-dealkylation sites (tertiary alicyclic amines) is 1. The molecule has 0 spiro atoms. The van der Waals surface area contributed by atoms with Crippen LogP contribution in [0.2, 0.25) is 0 Å². The summed E-state index contributed by atoms with van der Waals surface area (Å²) in [6, 6.07) is 9.57. The minimum Gasteiger partial charge on any atom is -0.467 e. The second kappa shape index (κ2) is 14.2. The number of nitrogens with one attached hydrogen (secondary N) is 1. The van der Waals surface area contributed by atoms with E-state index in [1.165, 1.54) is 7.11 Å². The van der Waals surface area contributed by atoms with Crippen LogP contribution in [-0.4, -0.2) is 95.0 Å². The number of anilines is 1. The number of ether oxygens (including phenoxy) is 5. The SMILES string of the molecule is COCOc1ccccc1-c1cc2c3c([nH]c2nn1)CCN(c1ncc(C2CCN(C(=O)OC(C)(C)C)CC2)c(OCC(=O)OC)n1)[C@@H]3C. The van der Waals surface area contributed by atoms with Crippen LogP contribution in [-0.2, 0) is 25.4 Å². The number of H-pyrrole nitrogens is 1. The van der Waals surface area contributed by atoms with Crippen molar-refractivity contribution in [1.82, 2.24) is 30.0 Å². The molecule has 2 aliphatic heterocycles. The molecule has 2 aliphatic rings. The molecule has 1 atom stereocenters. The summed E-state index contributed by atoms with van der Waals surface area (Å²) in [5.74, 6) is 1.01. The van der Waals surface area contributed by atoms with Gasteiger partial charge in [0.1, 0.15) is 11.4 Å². The van der Waals surface area contributed by atoms with Gasteiger partial charge in [-0.05, 0) is 64.7 Å². The first-order chi connectivity index (χ1) is 23.6. The molecular weight excluding hydrogens is 630 g/mol. The molecule has 1 fully saturated rings. The lowest BCUT2D eigenvalue weighted by Crippen LogP contribution is -2.41. The van der Waals surface area contributed by atoms with E-state index < -0.39 is 11.6 Å². The number of hydrogen-bond donors (Lipinski definition) is 1. The molecule has 0 aliphatic carbocycles. The largest absolute Gasteiger partial charge is 0.467 e. The van der Waals surface area contributed by atoms with Crippen LogP contribution in [0.3, 0.4) is 0 Å². The topological polar surface area (TPSA) is 154 Å². The van der Waals surface area contributed by atoms with Gasteiger partial charge < -0.3 is 38.5 Å². The van der Waals surface area contributed by atoms with Crippen molar-refractivity contribution in [2.45, 2.75) is 64.5 Å². The maximum atomic E-state index is 12.7. The Kier molecular flexibility index (Phi) is 9.86. The monoisotopic (exact) mass is 673 g/mol. The molecule has 0 bridgehead atoms. The van der Waals surface area contributed by atoms with E-state index in [0.29, 0.717) is 67.8 Å². The van der Waals surface area contributed by atoms with E-state index in [4.69, 9.17) is 33.7 Å². The molecule has 1 N–H and O–H groups in total. The van der Waals surface area contributed by atoms with Gasteiger partial charge in [-0.1, -0.05) is 12.1 Å². The number of piperidine rings is 1. The smallest absolute Gasteiger partial charge is 0.410 e. The van der Waals surface area contributed by atoms with Crippen LogP contribution in [0.5, 0.6) is 11.6 Å². The molecular formula is C35H43N7O7. The van der Waals surface area contributed by atoms with Gasteiger partial charge in [0.15, 0.2) is 19.0 Å². The summed E-state index contributed by atoms with van der Waals surface area (Å²) in [4.78, 5) is 41.8. The number of methoxy groups -OCH3 is 2. The number of aromatic amines is 1. The van der Waals surface area contributed by atoms with E-state index in [-0.39, 0.29) is 31.5 Å². The Hall–Kier alpha value is -4.98. The highest BCUT2D eigenvalue weighted by atomic mass is 16.7. The molecule has 0 radical (unpaired) electrons. The number of aromatic nitrogens is 5. The van der Waals surface area contributed by atoms with Gasteiger partial charge in [0.05, 0.1) is 18.8 Å². The van der Waals surface area contributed by atoms with Gasteiger partial charge in [-0.25, -0.2) is 14.6 Å². The summed E-state index contributed by atoms with van der Waals surface area (Å²) in [6.45, 7) is 9.22. The normalized spacial score (nSPS) is 16.7. The highest BCUT2D eigenvalue weighted by Crippen LogP contribution is 2.40. The van der Waals surface area contributed by atoms with E-state index in [9.17, 15) is 9.59 Å². The van der Waals surface area contributed by atoms with Crippen molar-refractivity contribution in [2.75, 3.05) is 52.2 Å². The molecule has 1 aromatic carbocycles. The number of para-hydroxylation sites is 1. The van der Waals surface area contributed by atoms with Crippen molar-refractivity contribution in [3.05, 3.63) is 53.3 Å². The molecule has 4 aromatic rings. The Morgan fingerprint density at radius 2 is 1.82 bits per heavy atom. The van der Waals surface area contributed by atoms with Crippen LogP contribution < -0.4 is 14.4 Å². The molecule has 260 valence electrons. The number of esters is 1. The Bertz CT molecular complexity index is 1810. The second-order valence-corrected chi connectivity index (χ2v) is 13.2. The second-order valence-electron chi connectivity index (χ2n) is 13.2. The van der Waals surface area contributed by atoms with Crippen molar-refractivity contribution < 1.29 is 33.3 Å². The number of carbonyl (C=O) groups is 2. The average molecular weight is 674 g/mol. The van der Waals surface area contributed by atoms with Gasteiger partial charge in [-0.15, -0.1) is 10.2 Å². The molecule has 5 heterocycles. The number of fused-ring (bicyclic) bond motifs is 3. The van der Waals surface area contributed by atoms with E-state index in [0.717, 1.165) is 27.8 Å². The van der Waals surface area contributed by atoms with Crippen LogP contribution in [0, 0.1) is 0 Å². The molecule has 6 rings (SSSR count). The summed E-state index contributed by atoms with van der Waals surface area (Å²) in [5.41, 5.74) is 4.61. The Morgan fingerprint density at radius 3 is 2.55 bits per heavy atom. The van der Waals surface area contributed by atoms with Crippen molar-refractivity contribution in [3.8, 4) is 22.9 Å². The van der Waals surface area contributed by atoms with Crippen molar-refractivity contribution >= 4 is 29.0 Å². The lowest BCUT2D eigenvalue weighted by Gasteiger charge is -2.35. The first-order valence-electron chi connectivity index (χ1n) is 16.5. The van der Waals surface area contributed by atoms with Crippen LogP contribution in [0.4, 0.5) is 10.7 Å². The molecule has 49 heavy (non-hydrogen) atoms. The molecule has 14 nitrogen and oxygen atoms in total. The van der Waals surface area contributed by atoms with Gasteiger partial charge >= 0.3 is 12.1 Å². The third-order valence-corrected chi connectivity index (χ3v) is 8.83. The van der Waals surface area contributed by atoms with Gasteiger partial charge in [0.2, 0.25) is 11.8 Å². The minimum absolute atomic E-state index is 0.0344. The zero-order valence-electron chi connectivity index (χ0n) is 28.8. The minimum atomic E-state index is -0.564. The number of hydrogen-bond acceptors (Lipinski definition) is 12. The maximum Gasteiger partial charge on any atom is 0.410 e. The van der Waals surface area contributed by atoms with Crippen LogP contribution in [0.15, 0.2) is 36.5 Å². The number of rotatable bonds is 9. The first-order valence-corrected chi connectivity index (χ1v) is 16.5. The summed E-state index contributed by atoms with van der Waals surface area (Å²) < 4.78 is 27.3. The van der Waals surface area contributed by atoms with Crippen molar-refractivity contribution in [1.29, 1.82) is 0 Å².